The van der Waals surface area contributed by atoms with E-state index in [9.17, 15) is 9.59 Å². The van der Waals surface area contributed by atoms with Crippen molar-refractivity contribution in [3.05, 3.63) is 64.4 Å². The molecular formula is C24H28ClN5O3S. The first kappa shape index (κ1) is 25.6. The molecule has 2 amide bonds. The van der Waals surface area contributed by atoms with Crippen molar-refractivity contribution < 1.29 is 14.3 Å². The Labute approximate surface area is 208 Å². The summed E-state index contributed by atoms with van der Waals surface area (Å²) in [5, 5.41) is 15.4. The normalized spacial score (nSPS) is 11.9. The Morgan fingerprint density at radius 3 is 2.59 bits per heavy atom. The molecule has 3 aromatic rings. The van der Waals surface area contributed by atoms with E-state index in [0.717, 1.165) is 5.56 Å². The van der Waals surface area contributed by atoms with Gasteiger partial charge in [-0.25, -0.2) is 0 Å². The molecule has 0 aliphatic rings. The van der Waals surface area contributed by atoms with E-state index in [1.165, 1.54) is 11.8 Å². The third-order valence-electron chi connectivity index (χ3n) is 5.18. The fourth-order valence-electron chi connectivity index (χ4n) is 3.35. The summed E-state index contributed by atoms with van der Waals surface area (Å²) in [7, 11) is 3.38. The van der Waals surface area contributed by atoms with Gasteiger partial charge in [0.1, 0.15) is 5.75 Å². The van der Waals surface area contributed by atoms with Gasteiger partial charge in [0.25, 0.3) is 5.91 Å². The van der Waals surface area contributed by atoms with Crippen LogP contribution in [0.3, 0.4) is 0 Å². The molecule has 0 aliphatic carbocycles. The molecule has 1 heterocycles. The smallest absolute Gasteiger partial charge is 0.253 e. The summed E-state index contributed by atoms with van der Waals surface area (Å²) in [6.07, 6.45) is 0. The van der Waals surface area contributed by atoms with E-state index in [4.69, 9.17) is 16.3 Å². The average molecular weight is 502 g/mol. The van der Waals surface area contributed by atoms with Crippen molar-refractivity contribution >= 4 is 40.9 Å². The van der Waals surface area contributed by atoms with Crippen molar-refractivity contribution in [3.63, 3.8) is 0 Å². The van der Waals surface area contributed by atoms with E-state index in [1.807, 2.05) is 46.0 Å². The summed E-state index contributed by atoms with van der Waals surface area (Å²) >= 11 is 7.44. The van der Waals surface area contributed by atoms with Crippen LogP contribution in [-0.4, -0.2) is 39.4 Å². The first-order chi connectivity index (χ1) is 16.2. The van der Waals surface area contributed by atoms with Crippen LogP contribution < -0.4 is 15.4 Å². The number of hydrogen-bond acceptors (Lipinski definition) is 6. The van der Waals surface area contributed by atoms with E-state index in [2.05, 4.69) is 20.8 Å². The maximum absolute atomic E-state index is 12.8. The number of carbonyl (C=O) groups excluding carboxylic acids is 2. The quantitative estimate of drug-likeness (QED) is 0.414. The van der Waals surface area contributed by atoms with E-state index in [0.29, 0.717) is 33.0 Å². The van der Waals surface area contributed by atoms with Crippen molar-refractivity contribution in [2.75, 3.05) is 18.2 Å². The molecule has 180 valence electrons. The maximum Gasteiger partial charge on any atom is 0.253 e. The van der Waals surface area contributed by atoms with Gasteiger partial charge in [-0.1, -0.05) is 55.4 Å². The molecule has 0 spiro atoms. The molecule has 34 heavy (non-hydrogen) atoms. The van der Waals surface area contributed by atoms with Crippen molar-refractivity contribution in [1.29, 1.82) is 0 Å². The van der Waals surface area contributed by atoms with Gasteiger partial charge in [0.05, 0.1) is 35.2 Å². The number of amides is 2. The predicted molar refractivity (Wildman–Crippen MR) is 135 cm³/mol. The van der Waals surface area contributed by atoms with Crippen LogP contribution in [0.1, 0.15) is 41.6 Å². The van der Waals surface area contributed by atoms with E-state index in [1.54, 1.807) is 35.9 Å². The molecule has 0 saturated carbocycles. The molecular weight excluding hydrogens is 474 g/mol. The summed E-state index contributed by atoms with van der Waals surface area (Å²) in [5.41, 5.74) is 2.03. The van der Waals surface area contributed by atoms with Gasteiger partial charge < -0.3 is 19.9 Å². The zero-order valence-electron chi connectivity index (χ0n) is 19.8. The van der Waals surface area contributed by atoms with Crippen LogP contribution in [0.2, 0.25) is 5.02 Å². The third kappa shape index (κ3) is 6.09. The van der Waals surface area contributed by atoms with Crippen molar-refractivity contribution in [1.82, 2.24) is 20.1 Å². The van der Waals surface area contributed by atoms with Gasteiger partial charge in [-0.05, 0) is 42.7 Å². The van der Waals surface area contributed by atoms with Gasteiger partial charge in [-0.2, -0.15) is 0 Å². The monoisotopic (exact) mass is 501 g/mol. The number of thioether (sulfide) groups is 1. The van der Waals surface area contributed by atoms with Gasteiger partial charge >= 0.3 is 0 Å². The minimum absolute atomic E-state index is 0.0456. The van der Waals surface area contributed by atoms with Crippen molar-refractivity contribution in [2.24, 2.45) is 13.0 Å². The van der Waals surface area contributed by atoms with Crippen LogP contribution in [-0.2, 0) is 11.8 Å². The lowest BCUT2D eigenvalue weighted by atomic mass is 10.0. The molecule has 0 aliphatic heterocycles. The first-order valence-corrected chi connectivity index (χ1v) is 12.1. The second kappa shape index (κ2) is 11.4. The molecule has 0 fully saturated rings. The SMILES string of the molecule is COc1ccc(C)cc1NC(=O)CSc1nnc(C(NC(=O)c2ccccc2Cl)C(C)C)n1C. The second-order valence-corrected chi connectivity index (χ2v) is 9.47. The highest BCUT2D eigenvalue weighted by molar-refractivity contribution is 7.99. The third-order valence-corrected chi connectivity index (χ3v) is 6.53. The fraction of sp³-hybridized carbons (Fsp3) is 0.333. The molecule has 8 nitrogen and oxygen atoms in total. The number of anilines is 1. The molecule has 2 N–H and O–H groups in total. The largest absolute Gasteiger partial charge is 0.495 e. The Kier molecular flexibility index (Phi) is 8.57. The van der Waals surface area contributed by atoms with Gasteiger partial charge in [-0.15, -0.1) is 10.2 Å². The molecule has 2 aromatic carbocycles. The number of benzene rings is 2. The lowest BCUT2D eigenvalue weighted by molar-refractivity contribution is -0.113. The van der Waals surface area contributed by atoms with Crippen LogP contribution in [0.15, 0.2) is 47.6 Å². The van der Waals surface area contributed by atoms with E-state index in [-0.39, 0.29) is 29.5 Å². The Morgan fingerprint density at radius 2 is 1.91 bits per heavy atom. The fourth-order valence-corrected chi connectivity index (χ4v) is 4.29. The van der Waals surface area contributed by atoms with E-state index >= 15 is 0 Å². The number of methoxy groups -OCH3 is 1. The number of aromatic nitrogens is 3. The summed E-state index contributed by atoms with van der Waals surface area (Å²) in [5.74, 6) is 0.905. The van der Waals surface area contributed by atoms with Gasteiger partial charge in [0, 0.05) is 7.05 Å². The highest BCUT2D eigenvalue weighted by Gasteiger charge is 2.26. The molecule has 1 unspecified atom stereocenters. The lowest BCUT2D eigenvalue weighted by Gasteiger charge is -2.22. The highest BCUT2D eigenvalue weighted by Crippen LogP contribution is 2.27. The highest BCUT2D eigenvalue weighted by atomic mass is 35.5. The van der Waals surface area contributed by atoms with Crippen LogP contribution >= 0.6 is 23.4 Å². The van der Waals surface area contributed by atoms with Crippen LogP contribution in [0.5, 0.6) is 5.75 Å². The molecule has 10 heteroatoms. The minimum atomic E-state index is -0.388. The van der Waals surface area contributed by atoms with Crippen LogP contribution in [0.4, 0.5) is 5.69 Å². The average Bonchev–Trinajstić information content (AvgIpc) is 3.16. The summed E-state index contributed by atoms with van der Waals surface area (Å²) in [4.78, 5) is 25.4. The number of hydrogen-bond donors (Lipinski definition) is 2. The van der Waals surface area contributed by atoms with E-state index < -0.39 is 0 Å². The Morgan fingerprint density at radius 1 is 1.18 bits per heavy atom. The second-order valence-electron chi connectivity index (χ2n) is 8.12. The number of rotatable bonds is 9. The number of halogens is 1. The summed E-state index contributed by atoms with van der Waals surface area (Å²) in [6, 6.07) is 12.1. The number of ether oxygens (including phenoxy) is 1. The molecule has 1 atom stereocenters. The predicted octanol–water partition coefficient (Wildman–Crippen LogP) is 4.64. The Balaban J connectivity index is 1.69. The van der Waals surface area contributed by atoms with Crippen molar-refractivity contribution in [3.8, 4) is 5.75 Å². The Bertz CT molecular complexity index is 1180. The number of carbonyl (C=O) groups is 2. The maximum atomic E-state index is 12.8. The zero-order valence-corrected chi connectivity index (χ0v) is 21.3. The van der Waals surface area contributed by atoms with Gasteiger partial charge in [-0.3, -0.25) is 9.59 Å². The molecule has 0 saturated heterocycles. The summed E-state index contributed by atoms with van der Waals surface area (Å²) < 4.78 is 7.11. The van der Waals surface area contributed by atoms with Gasteiger partial charge in [0.2, 0.25) is 5.91 Å². The first-order valence-electron chi connectivity index (χ1n) is 10.7. The molecule has 0 bridgehead atoms. The number of nitrogens with zero attached hydrogens (tertiary/aromatic N) is 3. The summed E-state index contributed by atoms with van der Waals surface area (Å²) in [6.45, 7) is 5.92. The number of nitrogens with one attached hydrogen (secondary N) is 2. The van der Waals surface area contributed by atoms with Crippen molar-refractivity contribution in [2.45, 2.75) is 32.0 Å². The molecule has 0 radical (unpaired) electrons. The molecule has 3 rings (SSSR count). The lowest BCUT2D eigenvalue weighted by Crippen LogP contribution is -2.33. The zero-order chi connectivity index (χ0) is 24.8. The Hall–Kier alpha value is -3.04. The number of aryl methyl sites for hydroxylation is 1. The minimum Gasteiger partial charge on any atom is -0.495 e. The van der Waals surface area contributed by atoms with Crippen LogP contribution in [0.25, 0.3) is 0 Å². The molecule has 1 aromatic heterocycles. The van der Waals surface area contributed by atoms with Gasteiger partial charge in [0.15, 0.2) is 11.0 Å². The topological polar surface area (TPSA) is 98.1 Å². The van der Waals surface area contributed by atoms with Crippen LogP contribution in [0, 0.1) is 12.8 Å². The standard InChI is InChI=1S/C24H28ClN5O3S/c1-14(2)21(27-23(32)16-8-6-7-9-17(16)25)22-28-29-24(30(22)4)34-13-20(31)26-18-12-15(3)10-11-19(18)33-5/h6-12,14,21H,13H2,1-5H3,(H,26,31)(H,27,32).